The molecule has 26 heteroatoms. The number of aromatic nitrogens is 1. The third-order valence-corrected chi connectivity index (χ3v) is 17.5. The Kier molecular flexibility index (Phi) is 26.0. The van der Waals surface area contributed by atoms with Crippen molar-refractivity contribution in [2.45, 2.75) is 119 Å². The molecule has 0 radical (unpaired) electrons. The van der Waals surface area contributed by atoms with Crippen molar-refractivity contribution < 1.29 is 58.5 Å². The number of aromatic hydroxyl groups is 1. The SMILES string of the molecule is CNc1ccc(C[C@@H]2NC(=O)[C@H](Cc3ccccc3)NC(=O)[C@@H](NC(=O)[C@@H](N)Cc3ccc(O)cc3)CSSC[C@@H](C(=O)O)NC(=O)[C@H](Cc3ccccc3)NC(=O)[C@H]([C@@H](C)O)NC(=O)[C@H](CCCCN)NC(=O)[C@H](Cc3c[nH]c4ccccc34)NC2=O)cc1. The van der Waals surface area contributed by atoms with Crippen molar-refractivity contribution in [3.8, 4) is 5.75 Å². The summed E-state index contributed by atoms with van der Waals surface area (Å²) < 4.78 is 0. The van der Waals surface area contributed by atoms with Gasteiger partial charge in [-0.3, -0.25) is 38.4 Å². The van der Waals surface area contributed by atoms with Crippen LogP contribution in [-0.2, 0) is 75.3 Å². The summed E-state index contributed by atoms with van der Waals surface area (Å²) in [6, 6.07) is 24.2. The number of aromatic amines is 1. The van der Waals surface area contributed by atoms with Crippen molar-refractivity contribution in [1.29, 1.82) is 0 Å². The topological polar surface area (TPSA) is 390 Å². The van der Waals surface area contributed by atoms with Crippen LogP contribution in [0.1, 0.15) is 54.0 Å². The number of aliphatic hydroxyl groups excluding tert-OH is 1. The summed E-state index contributed by atoms with van der Waals surface area (Å²) in [5.74, 6) is -9.10. The molecule has 8 amide bonds. The second-order valence-electron chi connectivity index (χ2n) is 21.9. The van der Waals surface area contributed by atoms with Crippen LogP contribution < -0.4 is 59.3 Å². The second-order valence-corrected chi connectivity index (χ2v) is 24.5. The molecule has 1 saturated heterocycles. The minimum absolute atomic E-state index is 0.00951. The number of para-hydroxylation sites is 1. The second kappa shape index (κ2) is 34.1. The van der Waals surface area contributed by atoms with E-state index in [2.05, 4.69) is 52.8 Å². The first-order valence-electron chi connectivity index (χ1n) is 29.5. The van der Waals surface area contributed by atoms with Crippen LogP contribution in [0.3, 0.4) is 0 Å². The van der Waals surface area contributed by atoms with Gasteiger partial charge in [-0.05, 0) is 97.3 Å². The van der Waals surface area contributed by atoms with Crippen LogP contribution >= 0.6 is 21.6 Å². The van der Waals surface area contributed by atoms with Crippen LogP contribution in [0.15, 0.2) is 140 Å². The lowest BCUT2D eigenvalue weighted by Crippen LogP contribution is -2.62. The minimum Gasteiger partial charge on any atom is -0.508 e. The van der Waals surface area contributed by atoms with E-state index in [-0.39, 0.29) is 62.3 Å². The van der Waals surface area contributed by atoms with E-state index in [4.69, 9.17) is 11.5 Å². The number of rotatable bonds is 19. The molecule has 24 nitrogen and oxygen atoms in total. The van der Waals surface area contributed by atoms with E-state index in [1.165, 1.54) is 19.1 Å². The van der Waals surface area contributed by atoms with Crippen molar-refractivity contribution in [2.24, 2.45) is 11.5 Å². The molecule has 5 aromatic carbocycles. The van der Waals surface area contributed by atoms with Crippen molar-refractivity contribution >= 4 is 91.4 Å². The van der Waals surface area contributed by atoms with E-state index >= 15 is 14.4 Å². The number of phenolic OH excluding ortho intramolecular Hbond substituents is 1. The summed E-state index contributed by atoms with van der Waals surface area (Å²) in [7, 11) is 3.62. The van der Waals surface area contributed by atoms with Crippen molar-refractivity contribution in [3.05, 3.63) is 167 Å². The van der Waals surface area contributed by atoms with Crippen molar-refractivity contribution in [2.75, 3.05) is 30.4 Å². The number of nitrogens with one attached hydrogen (secondary N) is 10. The van der Waals surface area contributed by atoms with Crippen LogP contribution in [0.4, 0.5) is 5.69 Å². The molecule has 0 aliphatic carbocycles. The van der Waals surface area contributed by atoms with Gasteiger partial charge in [0.05, 0.1) is 12.1 Å². The van der Waals surface area contributed by atoms with Crippen LogP contribution in [0.5, 0.6) is 5.75 Å². The van der Waals surface area contributed by atoms with Gasteiger partial charge in [-0.1, -0.05) is 125 Å². The summed E-state index contributed by atoms with van der Waals surface area (Å²) in [4.78, 5) is 134. The standard InChI is InChI=1S/C64H78N12O12S2/c1-37(77)55-63(86)73-51(31-39-15-7-4-8-16-39)60(83)75-54(64(87)88)36-90-89-35-53(74-56(79)46(66)29-40-22-26-44(78)27-23-40)62(85)71-49(30-38-13-5-3-6-14-38)58(81)70-50(32-41-20-24-43(67-2)25-21-41)59(82)72-52(33-42-34-68-47-18-10-9-17-45(42)47)61(84)69-48(57(80)76-55)19-11-12-28-65/h3-10,13-18,20-27,34,37,46,48-55,67-68,77-78H,11-12,19,28-33,35-36,65-66H2,1-2H3,(H,69,84)(H,70,81)(H,71,85)(H,72,82)(H,73,86)(H,74,79)(H,75,83)(H,76,80)(H,87,88)/t37-,46+,48+,49+,50+,51+,52+,53+,54+,55+/m1/s1. The number of carbonyl (C=O) groups is 9. The van der Waals surface area contributed by atoms with Crippen LogP contribution in [0, 0.1) is 0 Å². The summed E-state index contributed by atoms with van der Waals surface area (Å²) >= 11 is 0. The Morgan fingerprint density at radius 1 is 0.578 bits per heavy atom. The Balaban J connectivity index is 1.30. The first-order valence-corrected chi connectivity index (χ1v) is 32.0. The average Bonchev–Trinajstić information content (AvgIpc) is 2.90. The molecule has 1 aromatic heterocycles. The van der Waals surface area contributed by atoms with Crippen LogP contribution in [0.25, 0.3) is 10.9 Å². The largest absolute Gasteiger partial charge is 0.508 e. The van der Waals surface area contributed by atoms with Gasteiger partial charge in [-0.2, -0.15) is 0 Å². The molecule has 17 N–H and O–H groups in total. The molecule has 478 valence electrons. The number of amides is 8. The number of nitrogens with two attached hydrogens (primary N) is 2. The lowest BCUT2D eigenvalue weighted by atomic mass is 10.00. The van der Waals surface area contributed by atoms with Gasteiger partial charge >= 0.3 is 5.97 Å². The molecule has 0 saturated carbocycles. The number of benzene rings is 5. The van der Waals surface area contributed by atoms with E-state index in [1.807, 2.05) is 18.2 Å². The molecule has 0 bridgehead atoms. The highest BCUT2D eigenvalue weighted by molar-refractivity contribution is 8.76. The Hall–Kier alpha value is -8.95. The number of unbranched alkanes of at least 4 members (excludes halogenated alkanes) is 1. The zero-order valence-electron chi connectivity index (χ0n) is 49.8. The Morgan fingerprint density at radius 3 is 1.63 bits per heavy atom. The number of hydrogen-bond donors (Lipinski definition) is 15. The highest BCUT2D eigenvalue weighted by Crippen LogP contribution is 2.25. The molecular formula is C64H78N12O12S2. The molecule has 90 heavy (non-hydrogen) atoms. The van der Waals surface area contributed by atoms with Crippen LogP contribution in [0.2, 0.25) is 0 Å². The van der Waals surface area contributed by atoms with Gasteiger partial charge in [0.15, 0.2) is 0 Å². The van der Waals surface area contributed by atoms with Gasteiger partial charge in [0, 0.05) is 67.0 Å². The van der Waals surface area contributed by atoms with Crippen molar-refractivity contribution in [1.82, 2.24) is 47.5 Å². The lowest BCUT2D eigenvalue weighted by molar-refractivity contribution is -0.141. The van der Waals surface area contributed by atoms with E-state index in [1.54, 1.807) is 116 Å². The number of aliphatic hydroxyl groups is 1. The number of H-pyrrole nitrogens is 1. The fourth-order valence-corrected chi connectivity index (χ4v) is 12.3. The fraction of sp³-hybridized carbons (Fsp3) is 0.359. The highest BCUT2D eigenvalue weighted by Gasteiger charge is 2.37. The lowest BCUT2D eigenvalue weighted by Gasteiger charge is -2.29. The molecule has 1 aliphatic heterocycles. The van der Waals surface area contributed by atoms with Gasteiger partial charge in [-0.25, -0.2) is 4.79 Å². The van der Waals surface area contributed by atoms with E-state index < -0.39 is 114 Å². The monoisotopic (exact) mass is 1270 g/mol. The predicted octanol–water partition coefficient (Wildman–Crippen LogP) is 1.62. The molecule has 2 heterocycles. The maximum atomic E-state index is 15.2. The van der Waals surface area contributed by atoms with Crippen LogP contribution in [-0.4, -0.2) is 159 Å². The first-order chi connectivity index (χ1) is 43.3. The van der Waals surface area contributed by atoms with Gasteiger partial charge < -0.3 is 79.6 Å². The zero-order chi connectivity index (χ0) is 64.7. The first kappa shape index (κ1) is 68.5. The number of anilines is 1. The number of carboxylic acid groups (broad SMARTS) is 1. The zero-order valence-corrected chi connectivity index (χ0v) is 51.5. The predicted molar refractivity (Wildman–Crippen MR) is 344 cm³/mol. The fourth-order valence-electron chi connectivity index (χ4n) is 9.99. The summed E-state index contributed by atoms with van der Waals surface area (Å²) in [6.45, 7) is 1.46. The number of aliphatic carboxylic acids is 1. The van der Waals surface area contributed by atoms with Crippen molar-refractivity contribution in [3.63, 3.8) is 0 Å². The summed E-state index contributed by atoms with van der Waals surface area (Å²) in [6.07, 6.45) is 0.139. The highest BCUT2D eigenvalue weighted by atomic mass is 33.1. The Bertz CT molecular complexity index is 3400. The average molecular weight is 1270 g/mol. The molecule has 0 unspecified atom stereocenters. The normalized spacial score (nSPS) is 22.0. The number of hydrogen-bond acceptors (Lipinski definition) is 16. The third-order valence-electron chi connectivity index (χ3n) is 15.1. The number of fused-ring (bicyclic) bond motifs is 1. The van der Waals surface area contributed by atoms with E-state index in [0.29, 0.717) is 40.7 Å². The molecule has 7 rings (SSSR count). The minimum atomic E-state index is -1.75. The number of phenols is 1. The number of carboxylic acids is 1. The molecule has 1 aliphatic rings. The molecule has 6 aromatic rings. The smallest absolute Gasteiger partial charge is 0.327 e. The quantitative estimate of drug-likeness (QED) is 0.0405. The molecule has 10 atom stereocenters. The van der Waals surface area contributed by atoms with Gasteiger partial charge in [0.25, 0.3) is 0 Å². The van der Waals surface area contributed by atoms with E-state index in [9.17, 15) is 44.1 Å². The summed E-state index contributed by atoms with van der Waals surface area (Å²) in [5, 5.41) is 56.9. The van der Waals surface area contributed by atoms with Gasteiger partial charge in [0.1, 0.15) is 54.1 Å². The maximum absolute atomic E-state index is 15.2. The molecular weight excluding hydrogens is 1190 g/mol. The Labute approximate surface area is 528 Å². The molecule has 1 fully saturated rings. The third kappa shape index (κ3) is 20.6. The van der Waals surface area contributed by atoms with Gasteiger partial charge in [-0.15, -0.1) is 0 Å². The Morgan fingerprint density at radius 2 is 1.07 bits per heavy atom. The van der Waals surface area contributed by atoms with E-state index in [0.717, 1.165) is 38.2 Å². The maximum Gasteiger partial charge on any atom is 0.327 e. The van der Waals surface area contributed by atoms with Gasteiger partial charge in [0.2, 0.25) is 47.3 Å². The number of carbonyl (C=O) groups excluding carboxylic acids is 8. The molecule has 0 spiro atoms. The summed E-state index contributed by atoms with van der Waals surface area (Å²) in [5.41, 5.74) is 16.7.